The van der Waals surface area contributed by atoms with E-state index < -0.39 is 0 Å². The van der Waals surface area contributed by atoms with E-state index in [0.717, 1.165) is 38.3 Å². The maximum Gasteiger partial charge on any atom is 0.127 e. The highest BCUT2D eigenvalue weighted by Crippen LogP contribution is 2.38. The van der Waals surface area contributed by atoms with Gasteiger partial charge in [0.15, 0.2) is 0 Å². The number of rotatable bonds is 6. The molecular formula is C17H29N3O. The molecule has 1 aliphatic heterocycles. The van der Waals surface area contributed by atoms with Crippen molar-refractivity contribution in [2.75, 3.05) is 19.7 Å². The summed E-state index contributed by atoms with van der Waals surface area (Å²) in [6.45, 7) is 11.7. The van der Waals surface area contributed by atoms with Crippen LogP contribution in [0.2, 0.25) is 0 Å². The van der Waals surface area contributed by atoms with E-state index in [-0.39, 0.29) is 11.6 Å². The third kappa shape index (κ3) is 3.07. The SMILES string of the molecule is CCN(CC)C(C)(C)C(NN)c1cccc2c1OCCC2. The van der Waals surface area contributed by atoms with Gasteiger partial charge in [-0.25, -0.2) is 0 Å². The Morgan fingerprint density at radius 2 is 2.05 bits per heavy atom. The lowest BCUT2D eigenvalue weighted by Crippen LogP contribution is -2.54. The molecule has 118 valence electrons. The monoisotopic (exact) mass is 291 g/mol. The van der Waals surface area contributed by atoms with E-state index >= 15 is 0 Å². The van der Waals surface area contributed by atoms with Crippen molar-refractivity contribution >= 4 is 0 Å². The standard InChI is InChI=1S/C17H29N3O/c1-5-20(6-2)17(3,4)16(19-18)14-11-7-9-13-10-8-12-21-15(13)14/h7,9,11,16,19H,5-6,8,10,12,18H2,1-4H3. The Kier molecular flexibility index (Phi) is 5.25. The summed E-state index contributed by atoms with van der Waals surface area (Å²) < 4.78 is 5.97. The minimum absolute atomic E-state index is 0.0328. The van der Waals surface area contributed by atoms with Crippen LogP contribution in [0.25, 0.3) is 0 Å². The lowest BCUT2D eigenvalue weighted by Gasteiger charge is -2.44. The number of likely N-dealkylation sites (N-methyl/N-ethyl adjacent to an activating group) is 1. The van der Waals surface area contributed by atoms with Crippen molar-refractivity contribution in [1.29, 1.82) is 0 Å². The summed E-state index contributed by atoms with van der Waals surface area (Å²) in [6.07, 6.45) is 2.18. The highest BCUT2D eigenvalue weighted by atomic mass is 16.5. The number of hydrazine groups is 1. The average molecular weight is 291 g/mol. The summed E-state index contributed by atoms with van der Waals surface area (Å²) in [5.41, 5.74) is 5.42. The molecule has 0 bridgehead atoms. The molecule has 1 unspecified atom stereocenters. The van der Waals surface area contributed by atoms with Crippen LogP contribution in [-0.4, -0.2) is 30.1 Å². The molecule has 4 nitrogen and oxygen atoms in total. The highest BCUT2D eigenvalue weighted by molar-refractivity contribution is 5.45. The Morgan fingerprint density at radius 1 is 1.33 bits per heavy atom. The molecule has 1 heterocycles. The van der Waals surface area contributed by atoms with Gasteiger partial charge in [-0.05, 0) is 45.3 Å². The first-order valence-corrected chi connectivity index (χ1v) is 8.02. The molecule has 0 aliphatic carbocycles. The van der Waals surface area contributed by atoms with Crippen LogP contribution in [0.1, 0.15) is 51.3 Å². The minimum Gasteiger partial charge on any atom is -0.493 e. The van der Waals surface area contributed by atoms with Gasteiger partial charge in [-0.2, -0.15) is 0 Å². The quantitative estimate of drug-likeness (QED) is 0.625. The fraction of sp³-hybridized carbons (Fsp3) is 0.647. The molecule has 0 saturated carbocycles. The number of hydrogen-bond acceptors (Lipinski definition) is 4. The summed E-state index contributed by atoms with van der Waals surface area (Å²) in [6, 6.07) is 6.45. The van der Waals surface area contributed by atoms with Gasteiger partial charge in [-0.15, -0.1) is 0 Å². The molecule has 0 radical (unpaired) electrons. The largest absolute Gasteiger partial charge is 0.493 e. The second-order valence-corrected chi connectivity index (χ2v) is 6.21. The number of aryl methyl sites for hydroxylation is 1. The van der Waals surface area contributed by atoms with Crippen molar-refractivity contribution in [3.05, 3.63) is 29.3 Å². The van der Waals surface area contributed by atoms with Crippen LogP contribution in [0.5, 0.6) is 5.75 Å². The normalized spacial score (nSPS) is 16.5. The van der Waals surface area contributed by atoms with Crippen LogP contribution in [0.4, 0.5) is 0 Å². The van der Waals surface area contributed by atoms with Crippen molar-refractivity contribution in [3.8, 4) is 5.75 Å². The number of hydrogen-bond donors (Lipinski definition) is 2. The van der Waals surface area contributed by atoms with E-state index in [0.29, 0.717) is 0 Å². The molecule has 0 spiro atoms. The van der Waals surface area contributed by atoms with Gasteiger partial charge >= 0.3 is 0 Å². The van der Waals surface area contributed by atoms with E-state index in [4.69, 9.17) is 10.6 Å². The molecule has 1 aromatic rings. The van der Waals surface area contributed by atoms with E-state index in [1.54, 1.807) is 0 Å². The highest BCUT2D eigenvalue weighted by Gasteiger charge is 2.36. The van der Waals surface area contributed by atoms with Gasteiger partial charge in [0.1, 0.15) is 5.75 Å². The lowest BCUT2D eigenvalue weighted by molar-refractivity contribution is 0.0894. The molecule has 2 rings (SSSR count). The molecule has 1 aromatic carbocycles. The maximum absolute atomic E-state index is 5.97. The smallest absolute Gasteiger partial charge is 0.127 e. The molecule has 1 atom stereocenters. The number of ether oxygens (including phenoxy) is 1. The average Bonchev–Trinajstić information content (AvgIpc) is 2.49. The molecule has 21 heavy (non-hydrogen) atoms. The van der Waals surface area contributed by atoms with Crippen LogP contribution in [0.3, 0.4) is 0 Å². The van der Waals surface area contributed by atoms with Gasteiger partial charge in [0.2, 0.25) is 0 Å². The first-order valence-electron chi connectivity index (χ1n) is 8.02. The van der Waals surface area contributed by atoms with Crippen molar-refractivity contribution in [3.63, 3.8) is 0 Å². The zero-order valence-corrected chi connectivity index (χ0v) is 13.8. The Morgan fingerprint density at radius 3 is 2.67 bits per heavy atom. The summed E-state index contributed by atoms with van der Waals surface area (Å²) in [4.78, 5) is 2.43. The molecule has 0 aromatic heterocycles. The predicted octanol–water partition coefficient (Wildman–Crippen LogP) is 2.64. The minimum atomic E-state index is -0.0891. The molecule has 1 aliphatic rings. The van der Waals surface area contributed by atoms with Crippen molar-refractivity contribution in [2.45, 2.75) is 52.1 Å². The second kappa shape index (κ2) is 6.77. The van der Waals surface area contributed by atoms with Gasteiger partial charge in [0.05, 0.1) is 12.6 Å². The first-order chi connectivity index (χ1) is 10.1. The number of para-hydroxylation sites is 1. The van der Waals surface area contributed by atoms with Crippen LogP contribution in [0, 0.1) is 0 Å². The number of nitrogens with two attached hydrogens (primary N) is 1. The summed E-state index contributed by atoms with van der Waals surface area (Å²) in [7, 11) is 0. The van der Waals surface area contributed by atoms with Gasteiger partial charge in [0.25, 0.3) is 0 Å². The Labute approximate surface area is 128 Å². The summed E-state index contributed by atoms with van der Waals surface area (Å²) >= 11 is 0. The number of nitrogens with one attached hydrogen (secondary N) is 1. The Bertz CT molecular complexity index is 469. The van der Waals surface area contributed by atoms with Crippen LogP contribution in [0.15, 0.2) is 18.2 Å². The fourth-order valence-electron chi connectivity index (χ4n) is 3.54. The Balaban J connectivity index is 2.42. The van der Waals surface area contributed by atoms with Gasteiger partial charge in [0, 0.05) is 11.1 Å². The number of benzene rings is 1. The van der Waals surface area contributed by atoms with Crippen LogP contribution < -0.4 is 16.0 Å². The third-order valence-electron chi connectivity index (χ3n) is 4.73. The van der Waals surface area contributed by atoms with Crippen LogP contribution >= 0.6 is 0 Å². The number of fused-ring (bicyclic) bond motifs is 1. The van der Waals surface area contributed by atoms with E-state index in [2.05, 4.69) is 56.2 Å². The number of nitrogens with zero attached hydrogens (tertiary/aromatic N) is 1. The van der Waals surface area contributed by atoms with E-state index in [9.17, 15) is 0 Å². The zero-order valence-electron chi connectivity index (χ0n) is 13.8. The van der Waals surface area contributed by atoms with Crippen LogP contribution in [-0.2, 0) is 6.42 Å². The van der Waals surface area contributed by atoms with Gasteiger partial charge in [-0.1, -0.05) is 32.0 Å². The molecular weight excluding hydrogens is 262 g/mol. The topological polar surface area (TPSA) is 50.5 Å². The first kappa shape index (κ1) is 16.3. The Hall–Kier alpha value is -1.10. The van der Waals surface area contributed by atoms with E-state index in [1.165, 1.54) is 11.1 Å². The maximum atomic E-state index is 5.97. The predicted molar refractivity (Wildman–Crippen MR) is 87.3 cm³/mol. The molecule has 0 amide bonds. The van der Waals surface area contributed by atoms with Crippen molar-refractivity contribution in [1.82, 2.24) is 10.3 Å². The van der Waals surface area contributed by atoms with Crippen molar-refractivity contribution in [2.24, 2.45) is 5.84 Å². The summed E-state index contributed by atoms with van der Waals surface area (Å²) in [5, 5.41) is 0. The van der Waals surface area contributed by atoms with E-state index in [1.807, 2.05) is 0 Å². The summed E-state index contributed by atoms with van der Waals surface area (Å²) in [5.74, 6) is 6.97. The zero-order chi connectivity index (χ0) is 15.5. The second-order valence-electron chi connectivity index (χ2n) is 6.21. The molecule has 3 N–H and O–H groups in total. The van der Waals surface area contributed by atoms with Gasteiger partial charge in [-0.3, -0.25) is 16.2 Å². The van der Waals surface area contributed by atoms with Crippen molar-refractivity contribution < 1.29 is 4.74 Å². The molecule has 4 heteroatoms. The van der Waals surface area contributed by atoms with Gasteiger partial charge < -0.3 is 4.74 Å². The fourth-order valence-corrected chi connectivity index (χ4v) is 3.54. The third-order valence-corrected chi connectivity index (χ3v) is 4.73. The molecule has 0 saturated heterocycles. The lowest BCUT2D eigenvalue weighted by atomic mass is 9.85. The molecule has 0 fully saturated rings.